The van der Waals surface area contributed by atoms with Crippen LogP contribution in [0, 0.1) is 0 Å². The third kappa shape index (κ3) is 3.36. The summed E-state index contributed by atoms with van der Waals surface area (Å²) in [5.41, 5.74) is 2.18. The molecule has 5 heteroatoms. The normalized spacial score (nSPS) is 25.0. The smallest absolute Gasteiger partial charge is 0.410 e. The van der Waals surface area contributed by atoms with E-state index in [-0.39, 0.29) is 18.2 Å². The van der Waals surface area contributed by atoms with Crippen LogP contribution in [0.15, 0.2) is 48.7 Å². The maximum absolute atomic E-state index is 12.7. The van der Waals surface area contributed by atoms with Crippen LogP contribution in [0.2, 0.25) is 5.15 Å². The summed E-state index contributed by atoms with van der Waals surface area (Å²) in [7, 11) is 0. The Balaban J connectivity index is 1.48. The van der Waals surface area contributed by atoms with E-state index in [1.54, 1.807) is 0 Å². The third-order valence-corrected chi connectivity index (χ3v) is 5.60. The number of carbonyl (C=O) groups is 1. The number of ether oxygens (including phenoxy) is 1. The van der Waals surface area contributed by atoms with Gasteiger partial charge in [0.15, 0.2) is 0 Å². The molecule has 25 heavy (non-hydrogen) atoms. The quantitative estimate of drug-likeness (QED) is 0.743. The summed E-state index contributed by atoms with van der Waals surface area (Å²) < 4.78 is 5.60. The van der Waals surface area contributed by atoms with Gasteiger partial charge in [-0.1, -0.05) is 48.0 Å². The molecule has 2 aromatic rings. The second-order valence-electron chi connectivity index (χ2n) is 6.86. The van der Waals surface area contributed by atoms with Crippen molar-refractivity contribution in [2.45, 2.75) is 50.3 Å². The van der Waals surface area contributed by atoms with Crippen LogP contribution in [-0.4, -0.2) is 28.1 Å². The molecule has 2 bridgehead atoms. The van der Waals surface area contributed by atoms with E-state index in [0.29, 0.717) is 17.7 Å². The Morgan fingerprint density at radius 3 is 2.80 bits per heavy atom. The van der Waals surface area contributed by atoms with E-state index in [1.807, 2.05) is 53.6 Å². The third-order valence-electron chi connectivity index (χ3n) is 5.37. The fraction of sp³-hybridized carbons (Fsp3) is 0.400. The molecule has 4 nitrogen and oxygen atoms in total. The van der Waals surface area contributed by atoms with Crippen molar-refractivity contribution >= 4 is 17.7 Å². The van der Waals surface area contributed by atoms with Gasteiger partial charge in [-0.15, -0.1) is 0 Å². The van der Waals surface area contributed by atoms with Gasteiger partial charge in [0.25, 0.3) is 0 Å². The van der Waals surface area contributed by atoms with Crippen LogP contribution in [0.25, 0.3) is 0 Å². The fourth-order valence-electron chi connectivity index (χ4n) is 4.23. The number of piperidine rings is 1. The lowest BCUT2D eigenvalue weighted by molar-refractivity contribution is 0.0636. The highest BCUT2D eigenvalue weighted by Gasteiger charge is 2.47. The molecule has 1 aromatic carbocycles. The van der Waals surface area contributed by atoms with Crippen molar-refractivity contribution in [3.05, 3.63) is 64.9 Å². The molecular formula is C20H21ClN2O2. The summed E-state index contributed by atoms with van der Waals surface area (Å²) in [6.45, 7) is 0.322. The number of halogens is 1. The number of amides is 1. The van der Waals surface area contributed by atoms with Crippen molar-refractivity contribution in [3.63, 3.8) is 0 Å². The summed E-state index contributed by atoms with van der Waals surface area (Å²) in [5.74, 6) is 0.321. The van der Waals surface area contributed by atoms with E-state index in [0.717, 1.165) is 31.2 Å². The first-order valence-electron chi connectivity index (χ1n) is 8.83. The zero-order chi connectivity index (χ0) is 17.2. The minimum atomic E-state index is -0.192. The standard InChI is InChI=1S/C20H21ClN2O2/c21-19-10-9-15(12-22-19)17-11-16-7-4-8-18(17)23(16)20(24)25-13-14-5-2-1-3-6-14/h1-3,5-6,9-10,12,16-18H,4,7-8,11,13H2/t16-,17+,18+/m0/s1. The lowest BCUT2D eigenvalue weighted by atomic mass is 9.91. The highest BCUT2D eigenvalue weighted by molar-refractivity contribution is 6.29. The topological polar surface area (TPSA) is 42.4 Å². The van der Waals surface area contributed by atoms with Gasteiger partial charge in [-0.05, 0) is 42.9 Å². The van der Waals surface area contributed by atoms with Crippen molar-refractivity contribution in [1.29, 1.82) is 0 Å². The predicted octanol–water partition coefficient (Wildman–Crippen LogP) is 4.78. The molecule has 2 saturated heterocycles. The van der Waals surface area contributed by atoms with Gasteiger partial charge in [-0.2, -0.15) is 0 Å². The summed E-state index contributed by atoms with van der Waals surface area (Å²) in [5, 5.41) is 0.504. The number of nitrogens with zero attached hydrogens (tertiary/aromatic N) is 2. The van der Waals surface area contributed by atoms with Crippen LogP contribution < -0.4 is 0 Å². The van der Waals surface area contributed by atoms with Crippen LogP contribution in [-0.2, 0) is 11.3 Å². The lowest BCUT2D eigenvalue weighted by Crippen LogP contribution is -2.45. The van der Waals surface area contributed by atoms with Gasteiger partial charge in [0.2, 0.25) is 0 Å². The summed E-state index contributed by atoms with van der Waals surface area (Å²) >= 11 is 5.91. The molecule has 2 fully saturated rings. The molecule has 0 aliphatic carbocycles. The molecule has 0 radical (unpaired) electrons. The Bertz CT molecular complexity index is 735. The molecule has 1 amide bonds. The maximum Gasteiger partial charge on any atom is 0.410 e. The minimum Gasteiger partial charge on any atom is -0.445 e. The Kier molecular flexibility index (Phi) is 4.62. The van der Waals surface area contributed by atoms with Crippen molar-refractivity contribution in [2.75, 3.05) is 0 Å². The Labute approximate surface area is 152 Å². The first-order chi connectivity index (χ1) is 12.2. The zero-order valence-electron chi connectivity index (χ0n) is 14.0. The van der Waals surface area contributed by atoms with E-state index >= 15 is 0 Å². The van der Waals surface area contributed by atoms with Crippen LogP contribution >= 0.6 is 11.6 Å². The number of carbonyl (C=O) groups excluding carboxylic acids is 1. The predicted molar refractivity (Wildman–Crippen MR) is 96.5 cm³/mol. The van der Waals surface area contributed by atoms with E-state index in [2.05, 4.69) is 4.98 Å². The first-order valence-corrected chi connectivity index (χ1v) is 9.20. The molecule has 0 unspecified atom stereocenters. The molecule has 0 spiro atoms. The average molecular weight is 357 g/mol. The number of rotatable bonds is 3. The second-order valence-corrected chi connectivity index (χ2v) is 7.24. The van der Waals surface area contributed by atoms with Gasteiger partial charge < -0.3 is 9.64 Å². The van der Waals surface area contributed by atoms with E-state index in [9.17, 15) is 4.79 Å². The monoisotopic (exact) mass is 356 g/mol. The van der Waals surface area contributed by atoms with Crippen molar-refractivity contribution in [2.24, 2.45) is 0 Å². The van der Waals surface area contributed by atoms with Gasteiger partial charge in [0.1, 0.15) is 11.8 Å². The minimum absolute atomic E-state index is 0.192. The first kappa shape index (κ1) is 16.4. The SMILES string of the molecule is O=C(OCc1ccccc1)N1[C@H]2CCC[C@@H]1[C@@H](c1ccc(Cl)nc1)C2. The van der Waals surface area contributed by atoms with Crippen molar-refractivity contribution in [1.82, 2.24) is 9.88 Å². The number of hydrogen-bond acceptors (Lipinski definition) is 3. The average Bonchev–Trinajstić information content (AvgIpc) is 2.87. The molecule has 3 atom stereocenters. The van der Waals surface area contributed by atoms with Crippen LogP contribution in [0.3, 0.4) is 0 Å². The van der Waals surface area contributed by atoms with Crippen LogP contribution in [0.4, 0.5) is 4.79 Å². The lowest BCUT2D eigenvalue weighted by Gasteiger charge is -2.35. The Morgan fingerprint density at radius 2 is 2.04 bits per heavy atom. The van der Waals surface area contributed by atoms with Crippen molar-refractivity contribution in [3.8, 4) is 0 Å². The number of benzene rings is 1. The number of fused-ring (bicyclic) bond motifs is 2. The van der Waals surface area contributed by atoms with Gasteiger partial charge in [0.05, 0.1) is 0 Å². The largest absolute Gasteiger partial charge is 0.445 e. The molecule has 1 aromatic heterocycles. The molecular weight excluding hydrogens is 336 g/mol. The summed E-state index contributed by atoms with van der Waals surface area (Å²) in [6.07, 6.45) is 5.87. The van der Waals surface area contributed by atoms with E-state index in [1.165, 1.54) is 5.56 Å². The van der Waals surface area contributed by atoms with E-state index < -0.39 is 0 Å². The van der Waals surface area contributed by atoms with Gasteiger partial charge in [0, 0.05) is 24.2 Å². The zero-order valence-corrected chi connectivity index (χ0v) is 14.7. The highest BCUT2D eigenvalue weighted by atomic mass is 35.5. The number of hydrogen-bond donors (Lipinski definition) is 0. The van der Waals surface area contributed by atoms with Gasteiger partial charge in [-0.3, -0.25) is 0 Å². The highest BCUT2D eigenvalue weighted by Crippen LogP contribution is 2.45. The summed E-state index contributed by atoms with van der Waals surface area (Å²) in [6, 6.07) is 14.1. The van der Waals surface area contributed by atoms with Gasteiger partial charge >= 0.3 is 6.09 Å². The number of pyridine rings is 1. The Hall–Kier alpha value is -2.07. The van der Waals surface area contributed by atoms with Crippen molar-refractivity contribution < 1.29 is 9.53 Å². The molecule has 0 saturated carbocycles. The maximum atomic E-state index is 12.7. The Morgan fingerprint density at radius 1 is 1.20 bits per heavy atom. The van der Waals surface area contributed by atoms with Crippen LogP contribution in [0.1, 0.15) is 42.7 Å². The molecule has 130 valence electrons. The van der Waals surface area contributed by atoms with Gasteiger partial charge in [-0.25, -0.2) is 9.78 Å². The summed E-state index contributed by atoms with van der Waals surface area (Å²) in [4.78, 5) is 18.9. The molecule has 4 rings (SSSR count). The fourth-order valence-corrected chi connectivity index (χ4v) is 4.34. The second kappa shape index (κ2) is 7.04. The molecule has 2 aliphatic rings. The molecule has 0 N–H and O–H groups in total. The number of aromatic nitrogens is 1. The molecule has 2 aliphatic heterocycles. The molecule has 3 heterocycles. The van der Waals surface area contributed by atoms with E-state index in [4.69, 9.17) is 16.3 Å². The van der Waals surface area contributed by atoms with Crippen LogP contribution in [0.5, 0.6) is 0 Å².